The molecule has 4 rings (SSSR count). The Morgan fingerprint density at radius 2 is 1.73 bits per heavy atom. The minimum Gasteiger partial charge on any atom is -0.379 e. The number of rotatable bonds is 7. The van der Waals surface area contributed by atoms with Crippen LogP contribution in [0.2, 0.25) is 0 Å². The van der Waals surface area contributed by atoms with Gasteiger partial charge in [0, 0.05) is 31.9 Å². The highest BCUT2D eigenvalue weighted by molar-refractivity contribution is 6.32. The van der Waals surface area contributed by atoms with Crippen molar-refractivity contribution < 1.29 is 9.53 Å². The van der Waals surface area contributed by atoms with Crippen molar-refractivity contribution in [3.8, 4) is 0 Å². The SMILES string of the molecule is CC(=NCCCN1CCOCC1)C1C(=O)N(c2ccccc2)N=C1c1ccccc1. The third kappa shape index (κ3) is 4.66. The van der Waals surface area contributed by atoms with E-state index in [0.717, 1.165) is 61.9 Å². The van der Waals surface area contributed by atoms with E-state index in [9.17, 15) is 4.79 Å². The lowest BCUT2D eigenvalue weighted by Gasteiger charge is -2.26. The second-order valence-corrected chi connectivity index (χ2v) is 7.60. The molecule has 2 aromatic rings. The van der Waals surface area contributed by atoms with Gasteiger partial charge in [-0.2, -0.15) is 10.1 Å². The number of hydrogen-bond acceptors (Lipinski definition) is 5. The lowest BCUT2D eigenvalue weighted by Crippen LogP contribution is -2.37. The van der Waals surface area contributed by atoms with E-state index < -0.39 is 5.92 Å². The zero-order valence-corrected chi connectivity index (χ0v) is 17.4. The number of para-hydroxylation sites is 1. The van der Waals surface area contributed by atoms with Gasteiger partial charge in [0.15, 0.2) is 0 Å². The largest absolute Gasteiger partial charge is 0.379 e. The monoisotopic (exact) mass is 404 g/mol. The van der Waals surface area contributed by atoms with Crippen LogP contribution >= 0.6 is 0 Å². The van der Waals surface area contributed by atoms with Gasteiger partial charge in [-0.05, 0) is 31.0 Å². The maximum absolute atomic E-state index is 13.3. The van der Waals surface area contributed by atoms with Crippen molar-refractivity contribution >= 4 is 23.0 Å². The molecule has 30 heavy (non-hydrogen) atoms. The molecule has 1 unspecified atom stereocenters. The maximum atomic E-state index is 13.3. The van der Waals surface area contributed by atoms with Crippen molar-refractivity contribution in [1.29, 1.82) is 0 Å². The predicted octanol–water partition coefficient (Wildman–Crippen LogP) is 3.24. The van der Waals surface area contributed by atoms with E-state index in [0.29, 0.717) is 6.54 Å². The summed E-state index contributed by atoms with van der Waals surface area (Å²) in [5, 5.41) is 6.22. The van der Waals surface area contributed by atoms with Gasteiger partial charge in [0.1, 0.15) is 5.92 Å². The Bertz CT molecular complexity index is 905. The third-order valence-electron chi connectivity index (χ3n) is 5.52. The van der Waals surface area contributed by atoms with E-state index in [1.807, 2.05) is 67.6 Å². The summed E-state index contributed by atoms with van der Waals surface area (Å²) >= 11 is 0. The minimum atomic E-state index is -0.448. The highest BCUT2D eigenvalue weighted by Gasteiger charge is 2.39. The average molecular weight is 405 g/mol. The van der Waals surface area contributed by atoms with Crippen LogP contribution in [0.15, 0.2) is 70.8 Å². The van der Waals surface area contributed by atoms with Crippen molar-refractivity contribution in [3.63, 3.8) is 0 Å². The van der Waals surface area contributed by atoms with Crippen LogP contribution in [0.5, 0.6) is 0 Å². The number of aliphatic imine (C=N–C) groups is 1. The summed E-state index contributed by atoms with van der Waals surface area (Å²) in [5.41, 5.74) is 3.32. The normalized spacial score (nSPS) is 20.5. The lowest BCUT2D eigenvalue weighted by atomic mass is 9.93. The Labute approximate surface area is 177 Å². The molecule has 0 aromatic heterocycles. The van der Waals surface area contributed by atoms with Gasteiger partial charge in [-0.25, -0.2) is 0 Å². The molecule has 2 heterocycles. The Balaban J connectivity index is 1.50. The van der Waals surface area contributed by atoms with Crippen LogP contribution in [-0.4, -0.2) is 61.6 Å². The molecule has 2 aliphatic heterocycles. The van der Waals surface area contributed by atoms with Crippen molar-refractivity contribution in [2.45, 2.75) is 13.3 Å². The number of anilines is 1. The van der Waals surface area contributed by atoms with Gasteiger partial charge < -0.3 is 4.74 Å². The summed E-state index contributed by atoms with van der Waals surface area (Å²) in [5.74, 6) is -0.495. The van der Waals surface area contributed by atoms with Gasteiger partial charge in [0.2, 0.25) is 0 Å². The van der Waals surface area contributed by atoms with Crippen molar-refractivity contribution in [2.75, 3.05) is 44.4 Å². The van der Waals surface area contributed by atoms with Gasteiger partial charge in [-0.15, -0.1) is 0 Å². The molecule has 1 atom stereocenters. The summed E-state index contributed by atoms with van der Waals surface area (Å²) in [4.78, 5) is 20.5. The molecule has 1 amide bonds. The summed E-state index contributed by atoms with van der Waals surface area (Å²) in [7, 11) is 0. The molecule has 0 spiro atoms. The highest BCUT2D eigenvalue weighted by Crippen LogP contribution is 2.27. The second kappa shape index (κ2) is 9.78. The van der Waals surface area contributed by atoms with E-state index in [1.54, 1.807) is 0 Å². The first-order valence-corrected chi connectivity index (χ1v) is 10.6. The van der Waals surface area contributed by atoms with Crippen LogP contribution in [-0.2, 0) is 9.53 Å². The standard InChI is InChI=1S/C24H28N4O2/c1-19(25-13-8-14-27-15-17-30-18-16-27)22-23(20-9-4-2-5-10-20)26-28(24(22)29)21-11-6-3-7-12-21/h2-7,9-12,22H,8,13-18H2,1H3. The van der Waals surface area contributed by atoms with Gasteiger partial charge in [0.25, 0.3) is 5.91 Å². The molecule has 6 heteroatoms. The summed E-state index contributed by atoms with van der Waals surface area (Å²) in [6, 6.07) is 19.5. The van der Waals surface area contributed by atoms with E-state index in [1.165, 1.54) is 5.01 Å². The lowest BCUT2D eigenvalue weighted by molar-refractivity contribution is -0.118. The fourth-order valence-corrected chi connectivity index (χ4v) is 3.88. The Morgan fingerprint density at radius 3 is 2.43 bits per heavy atom. The number of amides is 1. The molecule has 6 nitrogen and oxygen atoms in total. The van der Waals surface area contributed by atoms with Crippen LogP contribution in [0.25, 0.3) is 0 Å². The Hall–Kier alpha value is -2.83. The first kappa shape index (κ1) is 20.4. The van der Waals surface area contributed by atoms with Gasteiger partial charge in [0.05, 0.1) is 24.6 Å². The first-order chi connectivity index (χ1) is 14.7. The van der Waals surface area contributed by atoms with Crippen LogP contribution in [0, 0.1) is 5.92 Å². The molecule has 2 aromatic carbocycles. The number of hydrogen-bond donors (Lipinski definition) is 0. The summed E-state index contributed by atoms with van der Waals surface area (Å²) < 4.78 is 5.40. The number of hydrazone groups is 1. The van der Waals surface area contributed by atoms with Crippen molar-refractivity contribution in [2.24, 2.45) is 16.0 Å². The second-order valence-electron chi connectivity index (χ2n) is 7.60. The zero-order chi connectivity index (χ0) is 20.8. The number of benzene rings is 2. The number of ether oxygens (including phenoxy) is 1. The zero-order valence-electron chi connectivity index (χ0n) is 17.4. The molecule has 1 fully saturated rings. The fourth-order valence-electron chi connectivity index (χ4n) is 3.88. The molecule has 1 saturated heterocycles. The van der Waals surface area contributed by atoms with E-state index in [4.69, 9.17) is 14.8 Å². The molecule has 2 aliphatic rings. The number of carbonyl (C=O) groups excluding carboxylic acids is 1. The van der Waals surface area contributed by atoms with Gasteiger partial charge in [-0.3, -0.25) is 14.7 Å². The molecule has 0 bridgehead atoms. The topological polar surface area (TPSA) is 57.5 Å². The van der Waals surface area contributed by atoms with Crippen molar-refractivity contribution in [1.82, 2.24) is 4.90 Å². The molecule has 156 valence electrons. The molecular formula is C24H28N4O2. The number of morpholine rings is 1. The molecule has 0 saturated carbocycles. The summed E-state index contributed by atoms with van der Waals surface area (Å²) in [6.07, 6.45) is 0.971. The van der Waals surface area contributed by atoms with Crippen LogP contribution in [0.1, 0.15) is 18.9 Å². The first-order valence-electron chi connectivity index (χ1n) is 10.6. The maximum Gasteiger partial charge on any atom is 0.262 e. The van der Waals surface area contributed by atoms with Crippen LogP contribution in [0.3, 0.4) is 0 Å². The molecular weight excluding hydrogens is 376 g/mol. The van der Waals surface area contributed by atoms with E-state index >= 15 is 0 Å². The smallest absolute Gasteiger partial charge is 0.262 e. The Morgan fingerprint density at radius 1 is 1.07 bits per heavy atom. The van der Waals surface area contributed by atoms with Crippen molar-refractivity contribution in [3.05, 3.63) is 66.2 Å². The van der Waals surface area contributed by atoms with Gasteiger partial charge >= 0.3 is 0 Å². The highest BCUT2D eigenvalue weighted by atomic mass is 16.5. The fraction of sp³-hybridized carbons (Fsp3) is 0.375. The Kier molecular flexibility index (Phi) is 6.67. The van der Waals surface area contributed by atoms with Gasteiger partial charge in [-0.1, -0.05) is 48.5 Å². The number of carbonyl (C=O) groups is 1. The molecule has 0 N–H and O–H groups in total. The average Bonchev–Trinajstić information content (AvgIpc) is 3.15. The van der Waals surface area contributed by atoms with Crippen LogP contribution < -0.4 is 5.01 Å². The summed E-state index contributed by atoms with van der Waals surface area (Å²) in [6.45, 7) is 7.26. The molecule has 0 radical (unpaired) electrons. The van der Waals surface area contributed by atoms with Crippen LogP contribution in [0.4, 0.5) is 5.69 Å². The third-order valence-corrected chi connectivity index (χ3v) is 5.52. The predicted molar refractivity (Wildman–Crippen MR) is 120 cm³/mol. The quantitative estimate of drug-likeness (QED) is 0.526. The molecule has 0 aliphatic carbocycles. The van der Waals surface area contributed by atoms with E-state index in [2.05, 4.69) is 4.90 Å². The number of nitrogens with zero attached hydrogens (tertiary/aromatic N) is 4. The van der Waals surface area contributed by atoms with E-state index in [-0.39, 0.29) is 5.91 Å². The minimum absolute atomic E-state index is 0.0468.